The number of anilines is 2. The van der Waals surface area contributed by atoms with Gasteiger partial charge in [-0.05, 0) is 50.1 Å². The van der Waals surface area contributed by atoms with Crippen molar-refractivity contribution in [3.05, 3.63) is 23.8 Å². The summed E-state index contributed by atoms with van der Waals surface area (Å²) in [4.78, 5) is 12.2. The Bertz CT molecular complexity index is 439. The molecule has 1 heterocycles. The lowest BCUT2D eigenvalue weighted by Gasteiger charge is -2.22. The molecule has 0 saturated carbocycles. The third-order valence-corrected chi connectivity index (χ3v) is 4.84. The van der Waals surface area contributed by atoms with E-state index in [0.29, 0.717) is 5.69 Å². The second-order valence-electron chi connectivity index (χ2n) is 4.66. The maximum Gasteiger partial charge on any atom is 0.240 e. The average molecular weight is 250 g/mol. The normalized spacial score (nSPS) is 23.6. The van der Waals surface area contributed by atoms with Crippen LogP contribution in [-0.2, 0) is 4.79 Å². The van der Waals surface area contributed by atoms with Crippen molar-refractivity contribution in [1.29, 1.82) is 0 Å². The number of nitrogens with one attached hydrogen (secondary N) is 1. The molecular formula is C13H18N2OS. The van der Waals surface area contributed by atoms with E-state index in [2.05, 4.69) is 5.32 Å². The van der Waals surface area contributed by atoms with E-state index in [1.165, 1.54) is 0 Å². The predicted molar refractivity (Wildman–Crippen MR) is 74.3 cm³/mol. The number of nitrogens with two attached hydrogens (primary N) is 1. The summed E-state index contributed by atoms with van der Waals surface area (Å²) in [5, 5.41) is 2.99. The summed E-state index contributed by atoms with van der Waals surface area (Å²) in [7, 11) is 0. The lowest BCUT2D eigenvalue weighted by atomic mass is 10.0. The van der Waals surface area contributed by atoms with Crippen LogP contribution in [0.25, 0.3) is 0 Å². The predicted octanol–water partition coefficient (Wildman–Crippen LogP) is 2.80. The average Bonchev–Trinajstić information content (AvgIpc) is 2.73. The standard InChI is InChI=1S/C13H18N2OS/c1-9-10(14)5-3-6-11(9)15-12(16)13(2)7-4-8-17-13/h3,5-6H,4,7-8,14H2,1-2H3,(H,15,16). The molecule has 1 amide bonds. The van der Waals surface area contributed by atoms with Crippen molar-refractivity contribution < 1.29 is 4.79 Å². The summed E-state index contributed by atoms with van der Waals surface area (Å²) >= 11 is 1.74. The van der Waals surface area contributed by atoms with Gasteiger partial charge in [-0.25, -0.2) is 0 Å². The van der Waals surface area contributed by atoms with E-state index in [9.17, 15) is 4.79 Å². The van der Waals surface area contributed by atoms with E-state index < -0.39 is 0 Å². The smallest absolute Gasteiger partial charge is 0.240 e. The van der Waals surface area contributed by atoms with Crippen molar-refractivity contribution in [3.63, 3.8) is 0 Å². The van der Waals surface area contributed by atoms with Gasteiger partial charge in [0, 0.05) is 11.4 Å². The Kier molecular flexibility index (Phi) is 3.33. The van der Waals surface area contributed by atoms with Crippen LogP contribution in [0.4, 0.5) is 11.4 Å². The zero-order valence-electron chi connectivity index (χ0n) is 10.2. The Morgan fingerprint density at radius 2 is 2.29 bits per heavy atom. The number of benzene rings is 1. The summed E-state index contributed by atoms with van der Waals surface area (Å²) in [5.41, 5.74) is 8.30. The van der Waals surface area contributed by atoms with Crippen LogP contribution in [0.1, 0.15) is 25.3 Å². The van der Waals surface area contributed by atoms with Crippen LogP contribution in [0.15, 0.2) is 18.2 Å². The first-order chi connectivity index (χ1) is 8.03. The summed E-state index contributed by atoms with van der Waals surface area (Å²) < 4.78 is -0.281. The van der Waals surface area contributed by atoms with Gasteiger partial charge in [0.15, 0.2) is 0 Å². The van der Waals surface area contributed by atoms with Crippen LogP contribution in [0, 0.1) is 6.92 Å². The van der Waals surface area contributed by atoms with Gasteiger partial charge in [0.25, 0.3) is 0 Å². The van der Waals surface area contributed by atoms with Gasteiger partial charge in [-0.3, -0.25) is 4.79 Å². The van der Waals surface area contributed by atoms with E-state index in [0.717, 1.165) is 29.8 Å². The van der Waals surface area contributed by atoms with Gasteiger partial charge in [0.05, 0.1) is 4.75 Å². The zero-order chi connectivity index (χ0) is 12.5. The Labute approximate surface area is 106 Å². The molecule has 0 aliphatic carbocycles. The first-order valence-electron chi connectivity index (χ1n) is 5.83. The highest BCUT2D eigenvalue weighted by molar-refractivity contribution is 8.01. The maximum atomic E-state index is 12.2. The molecule has 0 radical (unpaired) electrons. The molecule has 3 nitrogen and oxygen atoms in total. The Morgan fingerprint density at radius 3 is 2.94 bits per heavy atom. The third kappa shape index (κ3) is 2.41. The first-order valence-corrected chi connectivity index (χ1v) is 6.82. The summed E-state index contributed by atoms with van der Waals surface area (Å²) in [5.74, 6) is 1.16. The zero-order valence-corrected chi connectivity index (χ0v) is 11.1. The highest BCUT2D eigenvalue weighted by Crippen LogP contribution is 2.38. The molecule has 1 aliphatic rings. The van der Waals surface area contributed by atoms with E-state index in [1.54, 1.807) is 11.8 Å². The minimum Gasteiger partial charge on any atom is -0.398 e. The summed E-state index contributed by atoms with van der Waals surface area (Å²) in [6.45, 7) is 3.94. The number of carbonyl (C=O) groups is 1. The quantitative estimate of drug-likeness (QED) is 0.794. The van der Waals surface area contributed by atoms with Crippen LogP contribution in [-0.4, -0.2) is 16.4 Å². The molecule has 92 valence electrons. The van der Waals surface area contributed by atoms with Gasteiger partial charge >= 0.3 is 0 Å². The lowest BCUT2D eigenvalue weighted by Crippen LogP contribution is -2.34. The van der Waals surface area contributed by atoms with Gasteiger partial charge < -0.3 is 11.1 Å². The number of carbonyl (C=O) groups excluding carboxylic acids is 1. The third-order valence-electron chi connectivity index (χ3n) is 3.32. The fourth-order valence-corrected chi connectivity index (χ4v) is 3.21. The molecule has 1 atom stereocenters. The Morgan fingerprint density at radius 1 is 1.53 bits per heavy atom. The molecule has 4 heteroatoms. The van der Waals surface area contributed by atoms with Gasteiger partial charge in [0.1, 0.15) is 0 Å². The molecule has 0 spiro atoms. The van der Waals surface area contributed by atoms with Crippen LogP contribution in [0.2, 0.25) is 0 Å². The molecule has 1 fully saturated rings. The molecular weight excluding hydrogens is 232 g/mol. The molecule has 17 heavy (non-hydrogen) atoms. The van der Waals surface area contributed by atoms with Crippen molar-refractivity contribution in [2.24, 2.45) is 0 Å². The van der Waals surface area contributed by atoms with Crippen LogP contribution < -0.4 is 11.1 Å². The lowest BCUT2D eigenvalue weighted by molar-refractivity contribution is -0.118. The van der Waals surface area contributed by atoms with Crippen LogP contribution in [0.3, 0.4) is 0 Å². The minimum absolute atomic E-state index is 0.0914. The molecule has 1 saturated heterocycles. The number of hydrogen-bond acceptors (Lipinski definition) is 3. The SMILES string of the molecule is Cc1c(N)cccc1NC(=O)C1(C)CCCS1. The fraction of sp³-hybridized carbons (Fsp3) is 0.462. The second-order valence-corrected chi connectivity index (χ2v) is 6.25. The number of hydrogen-bond donors (Lipinski definition) is 2. The monoisotopic (exact) mass is 250 g/mol. The van der Waals surface area contributed by atoms with Crippen molar-refractivity contribution >= 4 is 29.0 Å². The second kappa shape index (κ2) is 4.61. The van der Waals surface area contributed by atoms with Gasteiger partial charge in [-0.15, -0.1) is 11.8 Å². The molecule has 1 unspecified atom stereocenters. The van der Waals surface area contributed by atoms with E-state index in [-0.39, 0.29) is 10.7 Å². The van der Waals surface area contributed by atoms with E-state index >= 15 is 0 Å². The first kappa shape index (κ1) is 12.3. The largest absolute Gasteiger partial charge is 0.398 e. The topological polar surface area (TPSA) is 55.1 Å². The molecule has 1 aliphatic heterocycles. The summed E-state index contributed by atoms with van der Waals surface area (Å²) in [6, 6.07) is 5.60. The van der Waals surface area contributed by atoms with Crippen molar-refractivity contribution in [2.75, 3.05) is 16.8 Å². The van der Waals surface area contributed by atoms with E-state index in [1.807, 2.05) is 32.0 Å². The highest BCUT2D eigenvalue weighted by atomic mass is 32.2. The molecule has 2 rings (SSSR count). The van der Waals surface area contributed by atoms with Crippen molar-refractivity contribution in [3.8, 4) is 0 Å². The fourth-order valence-electron chi connectivity index (χ4n) is 2.00. The van der Waals surface area contributed by atoms with Gasteiger partial charge in [-0.1, -0.05) is 6.07 Å². The van der Waals surface area contributed by atoms with Crippen LogP contribution in [0.5, 0.6) is 0 Å². The number of rotatable bonds is 2. The van der Waals surface area contributed by atoms with Crippen molar-refractivity contribution in [1.82, 2.24) is 0 Å². The number of nitrogen functional groups attached to an aromatic ring is 1. The molecule has 0 bridgehead atoms. The van der Waals surface area contributed by atoms with Crippen LogP contribution >= 0.6 is 11.8 Å². The van der Waals surface area contributed by atoms with Gasteiger partial charge in [0.2, 0.25) is 5.91 Å². The van der Waals surface area contributed by atoms with Crippen molar-refractivity contribution in [2.45, 2.75) is 31.4 Å². The Balaban J connectivity index is 2.16. The molecule has 3 N–H and O–H groups in total. The maximum absolute atomic E-state index is 12.2. The summed E-state index contributed by atoms with van der Waals surface area (Å²) in [6.07, 6.45) is 2.06. The molecule has 0 aromatic heterocycles. The molecule has 1 aromatic carbocycles. The number of thioether (sulfide) groups is 1. The van der Waals surface area contributed by atoms with Gasteiger partial charge in [-0.2, -0.15) is 0 Å². The minimum atomic E-state index is -0.281. The number of amides is 1. The Hall–Kier alpha value is -1.16. The van der Waals surface area contributed by atoms with E-state index in [4.69, 9.17) is 5.73 Å². The highest BCUT2D eigenvalue weighted by Gasteiger charge is 2.37. The molecule has 1 aromatic rings.